The number of imide groups is 1. The van der Waals surface area contributed by atoms with Gasteiger partial charge in [-0.2, -0.15) is 11.8 Å². The Morgan fingerprint density at radius 1 is 1.19 bits per heavy atom. The molecule has 1 aromatic rings. The van der Waals surface area contributed by atoms with Gasteiger partial charge in [-0.3, -0.25) is 14.9 Å². The fraction of sp³-hybridized carbons (Fsp3) is 0.273. The second-order valence-corrected chi connectivity index (χ2v) is 4.95. The Hall–Kier alpha value is -1.00. The van der Waals surface area contributed by atoms with E-state index in [1.54, 1.807) is 24.3 Å². The minimum atomic E-state index is -0.403. The van der Waals surface area contributed by atoms with E-state index in [-0.39, 0.29) is 17.1 Å². The predicted octanol–water partition coefficient (Wildman–Crippen LogP) is 1.81. The number of halogens is 1. The van der Waals surface area contributed by atoms with Gasteiger partial charge in [-0.1, -0.05) is 23.7 Å². The number of amides is 2. The molecule has 0 radical (unpaired) electrons. The summed E-state index contributed by atoms with van der Waals surface area (Å²) in [4.78, 5) is 23.1. The quantitative estimate of drug-likeness (QED) is 0.820. The van der Waals surface area contributed by atoms with Crippen LogP contribution in [0.2, 0.25) is 5.02 Å². The maximum atomic E-state index is 11.7. The van der Waals surface area contributed by atoms with Crippen LogP contribution in [-0.4, -0.2) is 23.3 Å². The fourth-order valence-electron chi connectivity index (χ4n) is 1.80. The molecule has 1 heterocycles. The molecule has 2 atom stereocenters. The second kappa shape index (κ2) is 4.47. The first-order valence-corrected chi connectivity index (χ1v) is 6.43. The number of rotatable bonds is 2. The molecule has 1 aliphatic rings. The largest absolute Gasteiger partial charge is 0.295 e. The van der Waals surface area contributed by atoms with Crippen molar-refractivity contribution in [2.75, 3.05) is 6.26 Å². The molecule has 0 aromatic heterocycles. The van der Waals surface area contributed by atoms with E-state index in [1.165, 1.54) is 11.8 Å². The number of hydrogen-bond donors (Lipinski definition) is 1. The van der Waals surface area contributed by atoms with E-state index in [1.807, 2.05) is 6.26 Å². The van der Waals surface area contributed by atoms with Crippen LogP contribution in [0.25, 0.3) is 0 Å². The third-order valence-corrected chi connectivity index (χ3v) is 3.82. The van der Waals surface area contributed by atoms with E-state index >= 15 is 0 Å². The minimum absolute atomic E-state index is 0.211. The highest BCUT2D eigenvalue weighted by atomic mass is 35.5. The van der Waals surface area contributed by atoms with E-state index in [9.17, 15) is 9.59 Å². The van der Waals surface area contributed by atoms with Crippen LogP contribution in [-0.2, 0) is 9.59 Å². The van der Waals surface area contributed by atoms with E-state index in [0.29, 0.717) is 5.02 Å². The summed E-state index contributed by atoms with van der Waals surface area (Å²) in [7, 11) is 0. The van der Waals surface area contributed by atoms with Crippen LogP contribution in [0.3, 0.4) is 0 Å². The maximum absolute atomic E-state index is 11.7. The molecule has 1 N–H and O–H groups in total. The molecule has 1 aliphatic heterocycles. The molecule has 0 bridgehead atoms. The van der Waals surface area contributed by atoms with Crippen LogP contribution in [0.4, 0.5) is 0 Å². The smallest absolute Gasteiger partial charge is 0.240 e. The molecule has 1 fully saturated rings. The second-order valence-electron chi connectivity index (χ2n) is 3.54. The predicted molar refractivity (Wildman–Crippen MR) is 64.6 cm³/mol. The minimum Gasteiger partial charge on any atom is -0.295 e. The van der Waals surface area contributed by atoms with Gasteiger partial charge in [0.15, 0.2) is 0 Å². The lowest BCUT2D eigenvalue weighted by Crippen LogP contribution is -2.22. The zero-order chi connectivity index (χ0) is 11.7. The number of hydrogen-bond acceptors (Lipinski definition) is 3. The highest BCUT2D eigenvalue weighted by Gasteiger charge is 2.41. The van der Waals surface area contributed by atoms with Gasteiger partial charge in [0.2, 0.25) is 11.8 Å². The van der Waals surface area contributed by atoms with Gasteiger partial charge < -0.3 is 0 Å². The summed E-state index contributed by atoms with van der Waals surface area (Å²) < 4.78 is 0. The zero-order valence-corrected chi connectivity index (χ0v) is 10.1. The van der Waals surface area contributed by atoms with E-state index < -0.39 is 5.92 Å². The van der Waals surface area contributed by atoms with Gasteiger partial charge in [-0.15, -0.1) is 0 Å². The molecule has 16 heavy (non-hydrogen) atoms. The van der Waals surface area contributed by atoms with Crippen molar-refractivity contribution >= 4 is 35.2 Å². The summed E-state index contributed by atoms with van der Waals surface area (Å²) in [5, 5.41) is 2.63. The molecule has 0 saturated carbocycles. The fourth-order valence-corrected chi connectivity index (χ4v) is 2.75. The molecule has 1 saturated heterocycles. The molecule has 2 rings (SSSR count). The Morgan fingerprint density at radius 2 is 1.81 bits per heavy atom. The Kier molecular flexibility index (Phi) is 3.21. The topological polar surface area (TPSA) is 46.2 Å². The molecule has 1 aromatic carbocycles. The van der Waals surface area contributed by atoms with Gasteiger partial charge in [-0.05, 0) is 24.0 Å². The highest BCUT2D eigenvalue weighted by Crippen LogP contribution is 2.32. The van der Waals surface area contributed by atoms with E-state index in [0.717, 1.165) is 5.56 Å². The number of carbonyl (C=O) groups is 2. The number of carbonyl (C=O) groups excluding carboxylic acids is 2. The molecular formula is C11H10ClNO2S. The molecule has 3 nitrogen and oxygen atoms in total. The number of thioether (sulfide) groups is 1. The lowest BCUT2D eigenvalue weighted by atomic mass is 9.97. The first-order chi connectivity index (χ1) is 7.63. The van der Waals surface area contributed by atoms with Crippen LogP contribution in [0.1, 0.15) is 11.5 Å². The van der Waals surface area contributed by atoms with Crippen molar-refractivity contribution < 1.29 is 9.59 Å². The highest BCUT2D eigenvalue weighted by molar-refractivity contribution is 8.00. The van der Waals surface area contributed by atoms with Gasteiger partial charge in [0, 0.05) is 5.02 Å². The SMILES string of the molecule is CSC1C(=O)NC(=O)C1c1ccc(Cl)cc1. The van der Waals surface area contributed by atoms with Crippen molar-refractivity contribution in [3.63, 3.8) is 0 Å². The van der Waals surface area contributed by atoms with Crippen LogP contribution < -0.4 is 5.32 Å². The summed E-state index contributed by atoms with van der Waals surface area (Å²) in [6.45, 7) is 0. The van der Waals surface area contributed by atoms with Crippen LogP contribution >= 0.6 is 23.4 Å². The van der Waals surface area contributed by atoms with E-state index in [2.05, 4.69) is 5.32 Å². The average Bonchev–Trinajstić information content (AvgIpc) is 2.54. The molecule has 2 unspecified atom stereocenters. The Morgan fingerprint density at radius 3 is 2.38 bits per heavy atom. The van der Waals surface area contributed by atoms with Crippen LogP contribution in [0.5, 0.6) is 0 Å². The third-order valence-electron chi connectivity index (χ3n) is 2.57. The molecule has 0 aliphatic carbocycles. The Labute approximate surface area is 103 Å². The van der Waals surface area contributed by atoms with E-state index in [4.69, 9.17) is 11.6 Å². The van der Waals surface area contributed by atoms with Crippen molar-refractivity contribution in [2.45, 2.75) is 11.2 Å². The van der Waals surface area contributed by atoms with Crippen molar-refractivity contribution in [1.29, 1.82) is 0 Å². The van der Waals surface area contributed by atoms with Gasteiger partial charge in [0.05, 0.1) is 11.2 Å². The standard InChI is InChI=1S/C11H10ClNO2S/c1-16-9-8(10(14)13-11(9)15)6-2-4-7(12)5-3-6/h2-5,8-9H,1H3,(H,13,14,15). The van der Waals surface area contributed by atoms with Crippen molar-refractivity contribution in [3.8, 4) is 0 Å². The van der Waals surface area contributed by atoms with Gasteiger partial charge >= 0.3 is 0 Å². The van der Waals surface area contributed by atoms with Crippen molar-refractivity contribution in [3.05, 3.63) is 34.9 Å². The molecule has 0 spiro atoms. The Balaban J connectivity index is 2.35. The van der Waals surface area contributed by atoms with Crippen molar-refractivity contribution in [2.24, 2.45) is 0 Å². The van der Waals surface area contributed by atoms with Gasteiger partial charge in [0.1, 0.15) is 0 Å². The molecule has 5 heteroatoms. The summed E-state index contributed by atoms with van der Waals surface area (Å²) in [5.41, 5.74) is 0.826. The zero-order valence-electron chi connectivity index (χ0n) is 8.57. The maximum Gasteiger partial charge on any atom is 0.240 e. The Bertz CT molecular complexity index is 432. The lowest BCUT2D eigenvalue weighted by molar-refractivity contribution is -0.125. The lowest BCUT2D eigenvalue weighted by Gasteiger charge is -2.13. The van der Waals surface area contributed by atoms with Crippen LogP contribution in [0.15, 0.2) is 24.3 Å². The first-order valence-electron chi connectivity index (χ1n) is 4.76. The van der Waals surface area contributed by atoms with Gasteiger partial charge in [-0.25, -0.2) is 0 Å². The summed E-state index contributed by atoms with van der Waals surface area (Å²) in [5.74, 6) is -0.844. The first kappa shape index (κ1) is 11.5. The van der Waals surface area contributed by atoms with Crippen molar-refractivity contribution in [1.82, 2.24) is 5.32 Å². The van der Waals surface area contributed by atoms with Gasteiger partial charge in [0.25, 0.3) is 0 Å². The number of nitrogens with one attached hydrogen (secondary N) is 1. The molecular weight excluding hydrogens is 246 g/mol. The monoisotopic (exact) mass is 255 g/mol. The molecule has 84 valence electrons. The number of benzene rings is 1. The third kappa shape index (κ3) is 1.95. The van der Waals surface area contributed by atoms with Crippen LogP contribution in [0, 0.1) is 0 Å². The average molecular weight is 256 g/mol. The summed E-state index contributed by atoms with van der Waals surface area (Å²) in [6, 6.07) is 7.03. The summed E-state index contributed by atoms with van der Waals surface area (Å²) >= 11 is 7.17. The normalized spacial score (nSPS) is 24.6. The summed E-state index contributed by atoms with van der Waals surface area (Å²) in [6.07, 6.45) is 1.83. The molecule has 2 amide bonds.